The normalized spacial score (nSPS) is 17.1. The number of rotatable bonds is 6. The molecule has 1 aliphatic heterocycles. The molecule has 1 atom stereocenters. The van der Waals surface area contributed by atoms with Crippen molar-refractivity contribution in [1.82, 2.24) is 4.90 Å². The van der Waals surface area contributed by atoms with Crippen LogP contribution in [0, 0.1) is 0 Å². The Morgan fingerprint density at radius 3 is 2.88 bits per heavy atom. The number of ether oxygens (including phenoxy) is 2. The molecule has 1 aliphatic rings. The minimum atomic E-state index is 0.0749. The van der Waals surface area contributed by atoms with Crippen LogP contribution < -0.4 is 9.47 Å². The van der Waals surface area contributed by atoms with Gasteiger partial charge >= 0.3 is 0 Å². The molecule has 24 heavy (non-hydrogen) atoms. The summed E-state index contributed by atoms with van der Waals surface area (Å²) in [6.07, 6.45) is 3.36. The Morgan fingerprint density at radius 2 is 2.17 bits per heavy atom. The zero-order valence-electron chi connectivity index (χ0n) is 14.2. The summed E-state index contributed by atoms with van der Waals surface area (Å²) < 4.78 is 10.9. The number of thiophene rings is 1. The molecule has 1 aromatic heterocycles. The predicted molar refractivity (Wildman–Crippen MR) is 95.9 cm³/mol. The smallest absolute Gasteiger partial charge is 0.223 e. The van der Waals surface area contributed by atoms with Crippen LogP contribution in [0.15, 0.2) is 35.7 Å². The van der Waals surface area contributed by atoms with Gasteiger partial charge in [0.1, 0.15) is 11.5 Å². The van der Waals surface area contributed by atoms with Crippen LogP contribution in [0.4, 0.5) is 0 Å². The van der Waals surface area contributed by atoms with E-state index in [0.29, 0.717) is 6.42 Å². The van der Waals surface area contributed by atoms with Crippen LogP contribution in [0.25, 0.3) is 0 Å². The van der Waals surface area contributed by atoms with Crippen molar-refractivity contribution >= 4 is 17.2 Å². The molecule has 1 unspecified atom stereocenters. The first kappa shape index (κ1) is 16.8. The van der Waals surface area contributed by atoms with E-state index in [0.717, 1.165) is 42.9 Å². The van der Waals surface area contributed by atoms with Gasteiger partial charge in [-0.05, 0) is 48.9 Å². The van der Waals surface area contributed by atoms with Gasteiger partial charge in [0, 0.05) is 23.4 Å². The van der Waals surface area contributed by atoms with Gasteiger partial charge in [0.15, 0.2) is 0 Å². The highest BCUT2D eigenvalue weighted by Gasteiger charge is 2.31. The number of hydrogen-bond donors (Lipinski definition) is 0. The van der Waals surface area contributed by atoms with Crippen LogP contribution in [0.5, 0.6) is 11.5 Å². The molecule has 0 radical (unpaired) electrons. The molecule has 0 N–H and O–H groups in total. The molecule has 1 fully saturated rings. The lowest BCUT2D eigenvalue weighted by Gasteiger charge is -2.26. The van der Waals surface area contributed by atoms with E-state index < -0.39 is 0 Å². The predicted octanol–water partition coefficient (Wildman–Crippen LogP) is 4.06. The van der Waals surface area contributed by atoms with E-state index >= 15 is 0 Å². The average Bonchev–Trinajstić information content (AvgIpc) is 3.30. The van der Waals surface area contributed by atoms with Gasteiger partial charge in [-0.3, -0.25) is 4.79 Å². The summed E-state index contributed by atoms with van der Waals surface area (Å²) in [6, 6.07) is 10.00. The van der Waals surface area contributed by atoms with Crippen LogP contribution in [0.2, 0.25) is 0 Å². The highest BCUT2D eigenvalue weighted by molar-refractivity contribution is 7.09. The fourth-order valence-electron chi connectivity index (χ4n) is 3.32. The maximum absolute atomic E-state index is 12.7. The summed E-state index contributed by atoms with van der Waals surface area (Å²) in [4.78, 5) is 16.0. The van der Waals surface area contributed by atoms with E-state index in [-0.39, 0.29) is 11.9 Å². The molecule has 0 bridgehead atoms. The Balaban J connectivity index is 1.76. The van der Waals surface area contributed by atoms with Gasteiger partial charge in [0.05, 0.1) is 20.3 Å². The Kier molecular flexibility index (Phi) is 5.41. The van der Waals surface area contributed by atoms with E-state index in [4.69, 9.17) is 9.47 Å². The molecule has 0 saturated carbocycles. The molecular weight excluding hydrogens is 322 g/mol. The summed E-state index contributed by atoms with van der Waals surface area (Å²) >= 11 is 1.71. The molecule has 3 rings (SSSR count). The number of carbonyl (C=O) groups excluding carboxylic acids is 1. The highest BCUT2D eigenvalue weighted by atomic mass is 32.1. The Labute approximate surface area is 147 Å². The molecule has 128 valence electrons. The largest absolute Gasteiger partial charge is 0.497 e. The number of hydrogen-bond acceptors (Lipinski definition) is 4. The maximum atomic E-state index is 12.7. The number of likely N-dealkylation sites (tertiary alicyclic amines) is 1. The Morgan fingerprint density at radius 1 is 1.29 bits per heavy atom. The molecule has 0 spiro atoms. The van der Waals surface area contributed by atoms with Crippen LogP contribution in [0.3, 0.4) is 0 Å². The zero-order valence-corrected chi connectivity index (χ0v) is 15.0. The number of benzene rings is 1. The zero-order chi connectivity index (χ0) is 16.9. The number of carbonyl (C=O) groups is 1. The number of nitrogens with zero attached hydrogens (tertiary/aromatic N) is 1. The third-order valence-corrected chi connectivity index (χ3v) is 5.47. The Hall–Kier alpha value is -2.01. The molecule has 4 nitrogen and oxygen atoms in total. The average molecular weight is 345 g/mol. The minimum Gasteiger partial charge on any atom is -0.497 e. The first-order valence-electron chi connectivity index (χ1n) is 8.26. The molecule has 0 aliphatic carbocycles. The van der Waals surface area contributed by atoms with Gasteiger partial charge in [0.25, 0.3) is 0 Å². The van der Waals surface area contributed by atoms with Gasteiger partial charge < -0.3 is 14.4 Å². The molecule has 1 saturated heterocycles. The van der Waals surface area contributed by atoms with Gasteiger partial charge in [0.2, 0.25) is 5.91 Å². The Bertz CT molecular complexity index is 684. The van der Waals surface area contributed by atoms with Crippen molar-refractivity contribution in [2.75, 3.05) is 20.8 Å². The fourth-order valence-corrected chi connectivity index (χ4v) is 4.03. The lowest BCUT2D eigenvalue weighted by molar-refractivity contribution is -0.132. The van der Waals surface area contributed by atoms with Crippen molar-refractivity contribution in [3.8, 4) is 11.5 Å². The molecule has 2 heterocycles. The van der Waals surface area contributed by atoms with E-state index in [1.165, 1.54) is 4.88 Å². The van der Waals surface area contributed by atoms with E-state index in [2.05, 4.69) is 11.4 Å². The van der Waals surface area contributed by atoms with Crippen molar-refractivity contribution in [1.29, 1.82) is 0 Å². The third kappa shape index (κ3) is 3.56. The van der Waals surface area contributed by atoms with Crippen LogP contribution in [0.1, 0.15) is 35.7 Å². The molecule has 2 aromatic rings. The second kappa shape index (κ2) is 7.71. The summed E-state index contributed by atoms with van der Waals surface area (Å²) in [5.41, 5.74) is 1.04. The molecule has 5 heteroatoms. The maximum Gasteiger partial charge on any atom is 0.223 e. The number of methoxy groups -OCH3 is 2. The first-order chi connectivity index (χ1) is 11.7. The quantitative estimate of drug-likeness (QED) is 0.792. The number of aryl methyl sites for hydroxylation is 1. The van der Waals surface area contributed by atoms with Gasteiger partial charge in [-0.2, -0.15) is 0 Å². The fraction of sp³-hybridized carbons (Fsp3) is 0.421. The lowest BCUT2D eigenvalue weighted by atomic mass is 10.0. The van der Waals surface area contributed by atoms with Crippen molar-refractivity contribution < 1.29 is 14.3 Å². The van der Waals surface area contributed by atoms with Gasteiger partial charge in [-0.25, -0.2) is 0 Å². The minimum absolute atomic E-state index is 0.0749. The van der Waals surface area contributed by atoms with Crippen molar-refractivity contribution in [2.24, 2.45) is 0 Å². The molecule has 1 amide bonds. The summed E-state index contributed by atoms with van der Waals surface area (Å²) in [7, 11) is 3.33. The summed E-state index contributed by atoms with van der Waals surface area (Å²) in [5.74, 6) is 1.83. The highest BCUT2D eigenvalue weighted by Crippen LogP contribution is 2.39. The van der Waals surface area contributed by atoms with Gasteiger partial charge in [-0.15, -0.1) is 11.3 Å². The first-order valence-corrected chi connectivity index (χ1v) is 9.14. The third-order valence-electron chi connectivity index (χ3n) is 4.53. The van der Waals surface area contributed by atoms with Crippen LogP contribution in [-0.2, 0) is 11.2 Å². The monoisotopic (exact) mass is 345 g/mol. The van der Waals surface area contributed by atoms with E-state index in [1.54, 1.807) is 25.6 Å². The number of amides is 1. The van der Waals surface area contributed by atoms with Gasteiger partial charge in [-0.1, -0.05) is 6.07 Å². The second-order valence-corrected chi connectivity index (χ2v) is 6.96. The van der Waals surface area contributed by atoms with Crippen molar-refractivity contribution in [3.05, 3.63) is 46.2 Å². The topological polar surface area (TPSA) is 38.8 Å². The van der Waals surface area contributed by atoms with Crippen molar-refractivity contribution in [2.45, 2.75) is 31.7 Å². The summed E-state index contributed by atoms with van der Waals surface area (Å²) in [6.45, 7) is 0.814. The molecular formula is C19H23NO3S. The van der Waals surface area contributed by atoms with Crippen LogP contribution in [-0.4, -0.2) is 31.6 Å². The van der Waals surface area contributed by atoms with Crippen molar-refractivity contribution in [3.63, 3.8) is 0 Å². The summed E-state index contributed by atoms with van der Waals surface area (Å²) in [5, 5.41) is 2.06. The molecule has 1 aromatic carbocycles. The van der Waals surface area contributed by atoms with E-state index in [9.17, 15) is 4.79 Å². The van der Waals surface area contributed by atoms with Crippen LogP contribution >= 0.6 is 11.3 Å². The second-order valence-electron chi connectivity index (χ2n) is 5.93. The standard InChI is InChI=1S/C19H23NO3S/c1-22-14-7-9-18(23-2)16(13-14)17-6-3-11-20(17)19(21)10-8-15-5-4-12-24-15/h4-5,7,9,12-13,17H,3,6,8,10-11H2,1-2H3. The van der Waals surface area contributed by atoms with E-state index in [1.807, 2.05) is 29.2 Å². The SMILES string of the molecule is COc1ccc(OC)c(C2CCCN2C(=O)CCc2cccs2)c1. The lowest BCUT2D eigenvalue weighted by Crippen LogP contribution is -2.30.